The molecule has 1 fully saturated rings. The molecule has 0 unspecified atom stereocenters. The van der Waals surface area contributed by atoms with Crippen molar-refractivity contribution in [2.45, 2.75) is 28.4 Å². The summed E-state index contributed by atoms with van der Waals surface area (Å²) in [5.41, 5.74) is 0. The van der Waals surface area contributed by atoms with Crippen LogP contribution in [0.1, 0.15) is 0 Å². The first kappa shape index (κ1) is 11.6. The third kappa shape index (κ3) is 2.15. The van der Waals surface area contributed by atoms with Gasteiger partial charge in [-0.05, 0) is 15.9 Å². The van der Waals surface area contributed by atoms with E-state index < -0.39 is 35.0 Å². The van der Waals surface area contributed by atoms with Crippen molar-refractivity contribution in [1.82, 2.24) is 0 Å². The molecule has 0 aromatic carbocycles. The predicted molar refractivity (Wildman–Crippen MR) is 47.5 cm³/mol. The van der Waals surface area contributed by atoms with Gasteiger partial charge in [0.2, 0.25) is 3.97 Å². The highest BCUT2D eigenvalue weighted by molar-refractivity contribution is 9.10. The molecule has 5 nitrogen and oxygen atoms in total. The highest BCUT2D eigenvalue weighted by Crippen LogP contribution is 2.38. The van der Waals surface area contributed by atoms with Crippen molar-refractivity contribution in [3.63, 3.8) is 0 Å². The third-order valence-electron chi connectivity index (χ3n) is 1.89. The molecule has 1 heterocycles. The third-order valence-corrected chi connectivity index (χ3v) is 2.86. The lowest BCUT2D eigenvalue weighted by molar-refractivity contribution is -0.216. The van der Waals surface area contributed by atoms with Gasteiger partial charge >= 0.3 is 0 Å². The van der Waals surface area contributed by atoms with Crippen LogP contribution >= 0.6 is 27.5 Å². The summed E-state index contributed by atoms with van der Waals surface area (Å²) in [5, 5.41) is 36.6. The van der Waals surface area contributed by atoms with Gasteiger partial charge in [0, 0.05) is 0 Å². The molecule has 0 aromatic heterocycles. The summed E-state index contributed by atoms with van der Waals surface area (Å²) in [4.78, 5) is 0. The summed E-state index contributed by atoms with van der Waals surface area (Å²) in [6.45, 7) is -0.495. The van der Waals surface area contributed by atoms with Crippen molar-refractivity contribution in [1.29, 1.82) is 0 Å². The van der Waals surface area contributed by atoms with E-state index in [1.807, 2.05) is 0 Å². The first-order valence-electron chi connectivity index (χ1n) is 3.61. The molecular formula is C6H10BrClO5. The van der Waals surface area contributed by atoms with E-state index in [1.165, 1.54) is 0 Å². The van der Waals surface area contributed by atoms with Crippen molar-refractivity contribution in [2.75, 3.05) is 6.61 Å². The van der Waals surface area contributed by atoms with Gasteiger partial charge in [-0.15, -0.1) is 0 Å². The summed E-state index contributed by atoms with van der Waals surface area (Å²) in [7, 11) is 0. The first-order chi connectivity index (χ1) is 5.90. The maximum Gasteiger partial charge on any atom is 0.226 e. The minimum atomic E-state index is -1.67. The second-order valence-corrected chi connectivity index (χ2v) is 5.02. The van der Waals surface area contributed by atoms with Gasteiger partial charge in [0.05, 0.1) is 6.61 Å². The Balaban J connectivity index is 2.79. The largest absolute Gasteiger partial charge is 0.394 e. The highest BCUT2D eigenvalue weighted by Gasteiger charge is 2.51. The SMILES string of the molecule is OC[C@H]1O[C@@](Cl)(Br)[C@H](O)[C@@H](O)[C@@H]1O. The lowest BCUT2D eigenvalue weighted by atomic mass is 10.0. The topological polar surface area (TPSA) is 90.2 Å². The molecule has 1 aliphatic rings. The fraction of sp³-hybridized carbons (Fsp3) is 1.00. The van der Waals surface area contributed by atoms with E-state index in [2.05, 4.69) is 15.9 Å². The fourth-order valence-electron chi connectivity index (χ4n) is 1.09. The zero-order chi connectivity index (χ0) is 10.2. The molecule has 4 N–H and O–H groups in total. The van der Waals surface area contributed by atoms with E-state index in [0.717, 1.165) is 0 Å². The van der Waals surface area contributed by atoms with Gasteiger partial charge in [-0.3, -0.25) is 0 Å². The van der Waals surface area contributed by atoms with Gasteiger partial charge in [0.1, 0.15) is 24.4 Å². The van der Waals surface area contributed by atoms with E-state index in [0.29, 0.717) is 0 Å². The highest BCUT2D eigenvalue weighted by atomic mass is 79.9. The number of ether oxygens (including phenoxy) is 1. The molecule has 78 valence electrons. The van der Waals surface area contributed by atoms with E-state index in [4.69, 9.17) is 21.4 Å². The molecule has 0 radical (unpaired) electrons. The Kier molecular flexibility index (Phi) is 3.56. The van der Waals surface area contributed by atoms with Gasteiger partial charge in [0.15, 0.2) is 0 Å². The molecule has 1 rings (SSSR count). The molecule has 0 saturated carbocycles. The summed E-state index contributed by atoms with van der Waals surface area (Å²) in [5.74, 6) is 0. The fourth-order valence-corrected chi connectivity index (χ4v) is 1.85. The number of alkyl halides is 2. The molecule has 0 amide bonds. The predicted octanol–water partition coefficient (Wildman–Crippen LogP) is -1.25. The minimum absolute atomic E-state index is 0.495. The second-order valence-electron chi connectivity index (χ2n) is 2.83. The summed E-state index contributed by atoms with van der Waals surface area (Å²) in [6, 6.07) is 0. The molecule has 13 heavy (non-hydrogen) atoms. The van der Waals surface area contributed by atoms with Crippen LogP contribution in [0.25, 0.3) is 0 Å². The number of hydrogen-bond acceptors (Lipinski definition) is 5. The average molecular weight is 277 g/mol. The van der Waals surface area contributed by atoms with Crippen LogP contribution in [0.15, 0.2) is 0 Å². The Labute approximate surface area is 88.0 Å². The van der Waals surface area contributed by atoms with Crippen LogP contribution in [0.2, 0.25) is 0 Å². The standard InChI is InChI=1S/C6H10BrClO5/c7-6(8)5(12)4(11)3(10)2(1-9)13-6/h2-5,9-12H,1H2/t2-,3-,4+,5-,6-/m1/s1. The lowest BCUT2D eigenvalue weighted by Gasteiger charge is -2.41. The number of aliphatic hydroxyl groups is 4. The number of aliphatic hydroxyl groups excluding tert-OH is 4. The van der Waals surface area contributed by atoms with Crippen molar-refractivity contribution >= 4 is 27.5 Å². The summed E-state index contributed by atoms with van der Waals surface area (Å²) in [6.07, 6.45) is -5.30. The van der Waals surface area contributed by atoms with E-state index in [9.17, 15) is 15.3 Å². The van der Waals surface area contributed by atoms with Crippen LogP contribution in [-0.2, 0) is 4.74 Å². The molecule has 1 aliphatic heterocycles. The summed E-state index contributed by atoms with van der Waals surface area (Å²) >= 11 is 8.44. The van der Waals surface area contributed by atoms with Crippen LogP contribution in [0.4, 0.5) is 0 Å². The average Bonchev–Trinajstić information content (AvgIpc) is 2.08. The second kappa shape index (κ2) is 3.98. The maximum absolute atomic E-state index is 9.29. The molecule has 0 bridgehead atoms. The molecule has 7 heteroatoms. The summed E-state index contributed by atoms with van der Waals surface area (Å²) < 4.78 is 3.22. The van der Waals surface area contributed by atoms with Crippen LogP contribution in [-0.4, -0.2) is 55.4 Å². The number of halogens is 2. The quantitative estimate of drug-likeness (QED) is 0.450. The van der Waals surface area contributed by atoms with Crippen LogP contribution in [0, 0.1) is 0 Å². The van der Waals surface area contributed by atoms with Crippen LogP contribution in [0.3, 0.4) is 0 Å². The van der Waals surface area contributed by atoms with Crippen molar-refractivity contribution in [3.05, 3.63) is 0 Å². The van der Waals surface area contributed by atoms with Crippen molar-refractivity contribution < 1.29 is 25.2 Å². The monoisotopic (exact) mass is 276 g/mol. The van der Waals surface area contributed by atoms with Gasteiger partial charge in [0.25, 0.3) is 0 Å². The number of rotatable bonds is 1. The zero-order valence-electron chi connectivity index (χ0n) is 6.47. The normalized spacial score (nSPS) is 52.2. The lowest BCUT2D eigenvalue weighted by Crippen LogP contribution is -2.60. The van der Waals surface area contributed by atoms with Gasteiger partial charge in [-0.2, -0.15) is 0 Å². The molecular weight excluding hydrogens is 267 g/mol. The molecule has 0 aromatic rings. The van der Waals surface area contributed by atoms with Crippen LogP contribution < -0.4 is 0 Å². The first-order valence-corrected chi connectivity index (χ1v) is 4.78. The van der Waals surface area contributed by atoms with Crippen LogP contribution in [0.5, 0.6) is 0 Å². The number of hydrogen-bond donors (Lipinski definition) is 4. The molecule has 0 aliphatic carbocycles. The Bertz CT molecular complexity index is 188. The van der Waals surface area contributed by atoms with Gasteiger partial charge < -0.3 is 25.2 Å². The molecule has 1 saturated heterocycles. The van der Waals surface area contributed by atoms with Gasteiger partial charge in [-0.25, -0.2) is 0 Å². The Hall–Kier alpha value is 0.570. The molecule has 5 atom stereocenters. The Morgan fingerprint density at radius 2 is 1.85 bits per heavy atom. The van der Waals surface area contributed by atoms with E-state index in [-0.39, 0.29) is 0 Å². The smallest absolute Gasteiger partial charge is 0.226 e. The zero-order valence-corrected chi connectivity index (χ0v) is 8.81. The molecule has 0 spiro atoms. The van der Waals surface area contributed by atoms with E-state index in [1.54, 1.807) is 0 Å². The minimum Gasteiger partial charge on any atom is -0.394 e. The van der Waals surface area contributed by atoms with E-state index >= 15 is 0 Å². The van der Waals surface area contributed by atoms with Crippen molar-refractivity contribution in [3.8, 4) is 0 Å². The van der Waals surface area contributed by atoms with Gasteiger partial charge in [-0.1, -0.05) is 11.6 Å². The van der Waals surface area contributed by atoms with Crippen molar-refractivity contribution in [2.24, 2.45) is 0 Å². The Morgan fingerprint density at radius 3 is 2.31 bits per heavy atom. The maximum atomic E-state index is 9.29. The Morgan fingerprint density at radius 1 is 1.31 bits per heavy atom.